The lowest BCUT2D eigenvalue weighted by atomic mass is 10.1. The largest absolute Gasteiger partial charge is 0.365 e. The monoisotopic (exact) mass is 379 g/mol. The first-order valence-electron chi connectivity index (χ1n) is 9.99. The van der Waals surface area contributed by atoms with E-state index in [0.717, 1.165) is 29.3 Å². The van der Waals surface area contributed by atoms with E-state index >= 15 is 0 Å². The number of aryl methyl sites for hydroxylation is 1. The van der Waals surface area contributed by atoms with Gasteiger partial charge in [0.15, 0.2) is 0 Å². The highest BCUT2D eigenvalue weighted by Crippen LogP contribution is 2.26. The summed E-state index contributed by atoms with van der Waals surface area (Å²) in [5.74, 6) is -0.159. The number of benzene rings is 2. The minimum atomic E-state index is -0.191. The first-order chi connectivity index (χ1) is 13.6. The quantitative estimate of drug-likeness (QED) is 0.719. The summed E-state index contributed by atoms with van der Waals surface area (Å²) in [5.41, 5.74) is 3.47. The van der Waals surface area contributed by atoms with Gasteiger partial charge in [-0.2, -0.15) is 0 Å². The van der Waals surface area contributed by atoms with Crippen molar-refractivity contribution in [2.75, 3.05) is 24.5 Å². The molecule has 146 valence electrons. The summed E-state index contributed by atoms with van der Waals surface area (Å²) in [4.78, 5) is 20.3. The average molecular weight is 379 g/mol. The van der Waals surface area contributed by atoms with Crippen LogP contribution in [0.15, 0.2) is 48.7 Å². The molecule has 1 unspecified atom stereocenters. The maximum Gasteiger partial charge on any atom is 0.256 e. The number of piperazine rings is 1. The molecule has 0 bridgehead atoms. The standard InChI is InChI=1S/C23H26FN3O/c1-3-6-17-9-10-20(24)22(13-17)26-11-12-27(16(2)15-26)23(28)19-14-25-21-8-5-4-7-18(19)21/h4-5,7-10,13-14,16,25H,3,6,11-12,15H2,1-2H3. The molecule has 0 saturated carbocycles. The molecule has 1 N–H and O–H groups in total. The Hall–Kier alpha value is -2.82. The van der Waals surface area contributed by atoms with Crippen molar-refractivity contribution in [3.05, 3.63) is 65.6 Å². The Morgan fingerprint density at radius 1 is 1.21 bits per heavy atom. The van der Waals surface area contributed by atoms with Crippen LogP contribution in [-0.4, -0.2) is 41.5 Å². The molecule has 4 rings (SSSR count). The number of aromatic nitrogens is 1. The SMILES string of the molecule is CCCc1ccc(F)c(N2CCN(C(=O)c3c[nH]c4ccccc34)C(C)C2)c1. The molecule has 4 nitrogen and oxygen atoms in total. The van der Waals surface area contributed by atoms with E-state index in [1.807, 2.05) is 48.2 Å². The molecule has 0 aliphatic carbocycles. The van der Waals surface area contributed by atoms with Crippen LogP contribution in [0, 0.1) is 5.82 Å². The van der Waals surface area contributed by atoms with Crippen LogP contribution in [0.5, 0.6) is 0 Å². The summed E-state index contributed by atoms with van der Waals surface area (Å²) in [6, 6.07) is 13.2. The molecule has 2 heterocycles. The van der Waals surface area contributed by atoms with Crippen molar-refractivity contribution in [3.63, 3.8) is 0 Å². The Balaban J connectivity index is 1.53. The molecular formula is C23H26FN3O. The van der Waals surface area contributed by atoms with Crippen molar-refractivity contribution in [1.29, 1.82) is 0 Å². The van der Waals surface area contributed by atoms with Gasteiger partial charge in [-0.3, -0.25) is 4.79 Å². The topological polar surface area (TPSA) is 39.3 Å². The van der Waals surface area contributed by atoms with E-state index < -0.39 is 0 Å². The van der Waals surface area contributed by atoms with Crippen LogP contribution < -0.4 is 4.90 Å². The number of nitrogens with one attached hydrogen (secondary N) is 1. The fraction of sp³-hybridized carbons (Fsp3) is 0.348. The van der Waals surface area contributed by atoms with Gasteiger partial charge in [0.2, 0.25) is 0 Å². The molecule has 5 heteroatoms. The molecule has 0 radical (unpaired) electrons. The maximum absolute atomic E-state index is 14.4. The number of amides is 1. The van der Waals surface area contributed by atoms with Gasteiger partial charge in [-0.15, -0.1) is 0 Å². The van der Waals surface area contributed by atoms with Gasteiger partial charge in [0.05, 0.1) is 11.3 Å². The fourth-order valence-electron chi connectivity index (χ4n) is 4.13. The van der Waals surface area contributed by atoms with Gasteiger partial charge in [0.1, 0.15) is 5.82 Å². The van der Waals surface area contributed by atoms with Crippen molar-refractivity contribution >= 4 is 22.5 Å². The number of hydrogen-bond acceptors (Lipinski definition) is 2. The summed E-state index contributed by atoms with van der Waals surface area (Å²) in [5, 5.41) is 0.945. The fourth-order valence-corrected chi connectivity index (χ4v) is 4.13. The Kier molecular flexibility index (Phi) is 5.07. The number of nitrogens with zero attached hydrogens (tertiary/aromatic N) is 2. The molecule has 3 aromatic rings. The summed E-state index contributed by atoms with van der Waals surface area (Å²) in [7, 11) is 0. The van der Waals surface area contributed by atoms with Gasteiger partial charge in [-0.25, -0.2) is 4.39 Å². The third kappa shape index (κ3) is 3.37. The zero-order valence-electron chi connectivity index (χ0n) is 16.4. The van der Waals surface area contributed by atoms with Crippen LogP contribution >= 0.6 is 0 Å². The number of rotatable bonds is 4. The van der Waals surface area contributed by atoms with Gasteiger partial charge < -0.3 is 14.8 Å². The predicted molar refractivity (Wildman–Crippen MR) is 111 cm³/mol. The molecule has 2 aromatic carbocycles. The van der Waals surface area contributed by atoms with Crippen LogP contribution in [0.4, 0.5) is 10.1 Å². The normalized spacial score (nSPS) is 17.3. The molecule has 1 aromatic heterocycles. The molecule has 1 fully saturated rings. The number of aromatic amines is 1. The highest BCUT2D eigenvalue weighted by molar-refractivity contribution is 6.06. The molecule has 0 spiro atoms. The molecule has 1 aliphatic heterocycles. The van der Waals surface area contributed by atoms with E-state index in [2.05, 4.69) is 16.8 Å². The number of carbonyl (C=O) groups is 1. The lowest BCUT2D eigenvalue weighted by Gasteiger charge is -2.41. The number of para-hydroxylation sites is 1. The average Bonchev–Trinajstić information content (AvgIpc) is 3.13. The van der Waals surface area contributed by atoms with Gasteiger partial charge in [0, 0.05) is 42.8 Å². The van der Waals surface area contributed by atoms with Gasteiger partial charge in [-0.1, -0.05) is 37.6 Å². The smallest absolute Gasteiger partial charge is 0.256 e. The van der Waals surface area contributed by atoms with Gasteiger partial charge >= 0.3 is 0 Å². The lowest BCUT2D eigenvalue weighted by Crippen LogP contribution is -2.54. The van der Waals surface area contributed by atoms with Crippen LogP contribution in [0.1, 0.15) is 36.2 Å². The molecule has 1 atom stereocenters. The maximum atomic E-state index is 14.4. The minimum absolute atomic E-state index is 0.00384. The zero-order chi connectivity index (χ0) is 19.7. The number of hydrogen-bond donors (Lipinski definition) is 1. The predicted octanol–water partition coefficient (Wildman–Crippen LogP) is 4.61. The third-order valence-electron chi connectivity index (χ3n) is 5.60. The Morgan fingerprint density at radius 2 is 2.04 bits per heavy atom. The first-order valence-corrected chi connectivity index (χ1v) is 9.99. The molecule has 1 aliphatic rings. The van der Waals surface area contributed by atoms with Crippen LogP contribution in [0.3, 0.4) is 0 Å². The molecular weight excluding hydrogens is 353 g/mol. The third-order valence-corrected chi connectivity index (χ3v) is 5.60. The molecule has 1 saturated heterocycles. The number of H-pyrrole nitrogens is 1. The Labute approximate surface area is 165 Å². The second-order valence-corrected chi connectivity index (χ2v) is 7.58. The van der Waals surface area contributed by atoms with Crippen LogP contribution in [-0.2, 0) is 6.42 Å². The summed E-state index contributed by atoms with van der Waals surface area (Å²) in [6.45, 7) is 6.00. The number of carbonyl (C=O) groups excluding carboxylic acids is 1. The number of halogens is 1. The number of fused-ring (bicyclic) bond motifs is 1. The highest BCUT2D eigenvalue weighted by atomic mass is 19.1. The van der Waals surface area contributed by atoms with Crippen LogP contribution in [0.25, 0.3) is 10.9 Å². The van der Waals surface area contributed by atoms with E-state index in [1.165, 1.54) is 0 Å². The molecule has 28 heavy (non-hydrogen) atoms. The van der Waals surface area contributed by atoms with Crippen LogP contribution in [0.2, 0.25) is 0 Å². The zero-order valence-corrected chi connectivity index (χ0v) is 16.4. The summed E-state index contributed by atoms with van der Waals surface area (Å²) in [6.07, 6.45) is 3.77. The van der Waals surface area contributed by atoms with Gasteiger partial charge in [0.25, 0.3) is 5.91 Å². The van der Waals surface area contributed by atoms with E-state index in [4.69, 9.17) is 0 Å². The minimum Gasteiger partial charge on any atom is -0.365 e. The summed E-state index contributed by atoms with van der Waals surface area (Å²) < 4.78 is 14.4. The second kappa shape index (κ2) is 7.66. The molecule has 1 amide bonds. The Morgan fingerprint density at radius 3 is 2.82 bits per heavy atom. The van der Waals surface area contributed by atoms with E-state index in [9.17, 15) is 9.18 Å². The van der Waals surface area contributed by atoms with Crippen molar-refractivity contribution in [2.24, 2.45) is 0 Å². The first kappa shape index (κ1) is 18.5. The van der Waals surface area contributed by atoms with Crippen molar-refractivity contribution in [3.8, 4) is 0 Å². The van der Waals surface area contributed by atoms with Crippen molar-refractivity contribution < 1.29 is 9.18 Å². The number of anilines is 1. The van der Waals surface area contributed by atoms with E-state index in [0.29, 0.717) is 30.9 Å². The second-order valence-electron chi connectivity index (χ2n) is 7.58. The van der Waals surface area contributed by atoms with Crippen molar-refractivity contribution in [2.45, 2.75) is 32.7 Å². The summed E-state index contributed by atoms with van der Waals surface area (Å²) >= 11 is 0. The van der Waals surface area contributed by atoms with E-state index in [-0.39, 0.29) is 17.8 Å². The lowest BCUT2D eigenvalue weighted by molar-refractivity contribution is 0.0676. The Bertz CT molecular complexity index is 996. The van der Waals surface area contributed by atoms with Crippen molar-refractivity contribution in [1.82, 2.24) is 9.88 Å². The highest BCUT2D eigenvalue weighted by Gasteiger charge is 2.30. The van der Waals surface area contributed by atoms with Gasteiger partial charge in [-0.05, 0) is 37.1 Å². The van der Waals surface area contributed by atoms with E-state index in [1.54, 1.807) is 12.3 Å².